The molecule has 0 bridgehead atoms. The van der Waals surface area contributed by atoms with Gasteiger partial charge in [0.1, 0.15) is 5.78 Å². The molecule has 27 heavy (non-hydrogen) atoms. The highest BCUT2D eigenvalue weighted by atomic mass is 32.2. The molecule has 3 heterocycles. The zero-order valence-corrected chi connectivity index (χ0v) is 17.1. The van der Waals surface area contributed by atoms with Crippen LogP contribution < -0.4 is 14.4 Å². The van der Waals surface area contributed by atoms with E-state index in [1.165, 1.54) is 11.8 Å². The molecule has 1 aromatic rings. The number of sulfone groups is 1. The van der Waals surface area contributed by atoms with E-state index in [4.69, 9.17) is 9.47 Å². The third kappa shape index (κ3) is 3.54. The normalized spacial score (nSPS) is 25.4. The van der Waals surface area contributed by atoms with Gasteiger partial charge >= 0.3 is 0 Å². The van der Waals surface area contributed by atoms with Crippen LogP contribution in [0.25, 0.3) is 0 Å². The van der Waals surface area contributed by atoms with Crippen molar-refractivity contribution in [1.29, 1.82) is 0 Å². The molecule has 9 heteroatoms. The molecule has 0 aliphatic carbocycles. The number of benzene rings is 1. The second-order valence-corrected chi connectivity index (χ2v) is 11.1. The maximum atomic E-state index is 12.3. The van der Waals surface area contributed by atoms with Crippen LogP contribution in [0.3, 0.4) is 0 Å². The quantitative estimate of drug-likeness (QED) is 0.754. The molecule has 1 saturated heterocycles. The smallest absolute Gasteiger partial charge is 0.231 e. The van der Waals surface area contributed by atoms with Crippen molar-refractivity contribution in [3.05, 3.63) is 18.2 Å². The maximum absolute atomic E-state index is 12.3. The molecule has 0 amide bonds. The van der Waals surface area contributed by atoms with Crippen molar-refractivity contribution >= 4 is 38.2 Å². The molecule has 7 nitrogen and oxygen atoms in total. The summed E-state index contributed by atoms with van der Waals surface area (Å²) in [6.45, 7) is 5.85. The summed E-state index contributed by atoms with van der Waals surface area (Å²) < 4.78 is 35.0. The van der Waals surface area contributed by atoms with Gasteiger partial charge in [-0.25, -0.2) is 8.42 Å². The van der Waals surface area contributed by atoms with E-state index >= 15 is 0 Å². The fourth-order valence-electron chi connectivity index (χ4n) is 3.32. The number of fused-ring (bicyclic) bond motifs is 2. The number of thioether (sulfide) groups is 1. The van der Waals surface area contributed by atoms with E-state index in [0.29, 0.717) is 22.4 Å². The molecular weight excluding hydrogens is 388 g/mol. The number of nitrogens with zero attached hydrogens (tertiary/aromatic N) is 2. The first-order valence-corrected chi connectivity index (χ1v) is 11.6. The van der Waals surface area contributed by atoms with Gasteiger partial charge < -0.3 is 14.4 Å². The number of aliphatic imine (C=N–C) groups is 1. The SMILES string of the molecule is CC(C)(C)C(=O)CSC1=NC2CS(=O)(=O)CC2N1c1ccc2c(c1)OCO2. The molecular formula is C18H22N2O5S2. The molecule has 146 valence electrons. The van der Waals surface area contributed by atoms with Crippen molar-refractivity contribution < 1.29 is 22.7 Å². The molecule has 2 unspecified atom stereocenters. The highest BCUT2D eigenvalue weighted by Gasteiger charge is 2.47. The zero-order valence-electron chi connectivity index (χ0n) is 15.5. The molecule has 0 aromatic heterocycles. The van der Waals surface area contributed by atoms with Gasteiger partial charge in [-0.2, -0.15) is 0 Å². The number of rotatable bonds is 3. The van der Waals surface area contributed by atoms with Crippen LogP contribution in [0.1, 0.15) is 20.8 Å². The highest BCUT2D eigenvalue weighted by molar-refractivity contribution is 8.14. The van der Waals surface area contributed by atoms with Crippen LogP contribution in [0, 0.1) is 5.41 Å². The Hall–Kier alpha value is -1.74. The molecule has 0 N–H and O–H groups in total. The highest BCUT2D eigenvalue weighted by Crippen LogP contribution is 2.40. The number of Topliss-reactive ketones (excluding diaryl/α,β-unsaturated/α-hetero) is 1. The number of carbonyl (C=O) groups is 1. The Morgan fingerprint density at radius 1 is 1.26 bits per heavy atom. The predicted molar refractivity (Wildman–Crippen MR) is 106 cm³/mol. The third-order valence-corrected chi connectivity index (χ3v) is 7.58. The van der Waals surface area contributed by atoms with E-state index in [2.05, 4.69) is 4.99 Å². The van der Waals surface area contributed by atoms with Crippen molar-refractivity contribution in [3.63, 3.8) is 0 Å². The second-order valence-electron chi connectivity index (χ2n) is 7.99. The number of carbonyl (C=O) groups excluding carboxylic acids is 1. The molecule has 3 aliphatic heterocycles. The Bertz CT molecular complexity index is 920. The van der Waals surface area contributed by atoms with Crippen LogP contribution in [0.4, 0.5) is 5.69 Å². The van der Waals surface area contributed by atoms with Crippen LogP contribution in [0.15, 0.2) is 23.2 Å². The number of hydrogen-bond donors (Lipinski definition) is 0. The van der Waals surface area contributed by atoms with Gasteiger partial charge in [-0.1, -0.05) is 32.5 Å². The first-order chi connectivity index (χ1) is 12.6. The topological polar surface area (TPSA) is 85.3 Å². The Labute approximate surface area is 163 Å². The third-order valence-electron chi connectivity index (χ3n) is 4.91. The lowest BCUT2D eigenvalue weighted by atomic mass is 9.92. The number of anilines is 1. The van der Waals surface area contributed by atoms with E-state index < -0.39 is 15.3 Å². The van der Waals surface area contributed by atoms with Crippen LogP contribution in [-0.4, -0.2) is 55.5 Å². The molecule has 0 radical (unpaired) electrons. The Kier molecular flexibility index (Phi) is 4.42. The van der Waals surface area contributed by atoms with Gasteiger partial charge in [0, 0.05) is 17.2 Å². The summed E-state index contributed by atoms with van der Waals surface area (Å²) >= 11 is 1.37. The van der Waals surface area contributed by atoms with Crippen LogP contribution in [-0.2, 0) is 14.6 Å². The number of ether oxygens (including phenoxy) is 2. The average molecular weight is 411 g/mol. The summed E-state index contributed by atoms with van der Waals surface area (Å²) in [4.78, 5) is 18.9. The van der Waals surface area contributed by atoms with Crippen LogP contribution in [0.2, 0.25) is 0 Å². The second kappa shape index (κ2) is 6.41. The minimum Gasteiger partial charge on any atom is -0.454 e. The summed E-state index contributed by atoms with van der Waals surface area (Å²) in [5.74, 6) is 1.85. The fourth-order valence-corrected chi connectivity index (χ4v) is 6.44. The maximum Gasteiger partial charge on any atom is 0.231 e. The predicted octanol–water partition coefficient (Wildman–Crippen LogP) is 2.11. The fraction of sp³-hybridized carbons (Fsp3) is 0.556. The molecule has 0 spiro atoms. The van der Waals surface area contributed by atoms with E-state index in [1.807, 2.05) is 43.9 Å². The van der Waals surface area contributed by atoms with E-state index in [1.54, 1.807) is 0 Å². The first-order valence-electron chi connectivity index (χ1n) is 8.77. The van der Waals surface area contributed by atoms with E-state index in [9.17, 15) is 13.2 Å². The lowest BCUT2D eigenvalue weighted by Crippen LogP contribution is -2.39. The van der Waals surface area contributed by atoms with Crippen LogP contribution >= 0.6 is 11.8 Å². The minimum absolute atomic E-state index is 0.0516. The lowest BCUT2D eigenvalue weighted by molar-refractivity contribution is -0.123. The van der Waals surface area contributed by atoms with Gasteiger partial charge in [0.2, 0.25) is 6.79 Å². The average Bonchev–Trinajstić information content (AvgIpc) is 3.22. The molecule has 0 saturated carbocycles. The molecule has 2 atom stereocenters. The van der Waals surface area contributed by atoms with Crippen molar-refractivity contribution in [2.24, 2.45) is 10.4 Å². The number of amidine groups is 1. The van der Waals surface area contributed by atoms with Crippen molar-refractivity contribution in [1.82, 2.24) is 0 Å². The van der Waals surface area contributed by atoms with E-state index in [-0.39, 0.29) is 36.2 Å². The minimum atomic E-state index is -3.12. The van der Waals surface area contributed by atoms with Gasteiger partial charge in [0.25, 0.3) is 0 Å². The van der Waals surface area contributed by atoms with Gasteiger partial charge in [0.05, 0.1) is 29.3 Å². The van der Waals surface area contributed by atoms with Gasteiger partial charge in [0.15, 0.2) is 26.5 Å². The lowest BCUT2D eigenvalue weighted by Gasteiger charge is -2.27. The summed E-state index contributed by atoms with van der Waals surface area (Å²) in [7, 11) is -3.12. The molecule has 3 aliphatic rings. The molecule has 1 fully saturated rings. The molecule has 1 aromatic carbocycles. The van der Waals surface area contributed by atoms with Gasteiger partial charge in [-0.3, -0.25) is 9.79 Å². The van der Waals surface area contributed by atoms with Crippen molar-refractivity contribution in [2.45, 2.75) is 32.9 Å². The summed E-state index contributed by atoms with van der Waals surface area (Å²) in [5.41, 5.74) is 0.382. The zero-order chi connectivity index (χ0) is 19.4. The van der Waals surface area contributed by atoms with Crippen molar-refractivity contribution in [3.8, 4) is 11.5 Å². The Morgan fingerprint density at radius 3 is 2.74 bits per heavy atom. The van der Waals surface area contributed by atoms with Gasteiger partial charge in [-0.15, -0.1) is 0 Å². The summed E-state index contributed by atoms with van der Waals surface area (Å²) in [5, 5.41) is 0.691. The summed E-state index contributed by atoms with van der Waals surface area (Å²) in [6.07, 6.45) is 0. The number of ketones is 1. The van der Waals surface area contributed by atoms with E-state index in [0.717, 1.165) is 5.69 Å². The monoisotopic (exact) mass is 410 g/mol. The molecule has 4 rings (SSSR count). The van der Waals surface area contributed by atoms with Crippen molar-refractivity contribution in [2.75, 3.05) is 29.0 Å². The Balaban J connectivity index is 1.63. The van der Waals surface area contributed by atoms with Gasteiger partial charge in [-0.05, 0) is 12.1 Å². The Morgan fingerprint density at radius 2 is 2.00 bits per heavy atom. The first kappa shape index (κ1) is 18.6. The number of hydrogen-bond acceptors (Lipinski definition) is 8. The summed E-state index contributed by atoms with van der Waals surface area (Å²) in [6, 6.07) is 4.99. The largest absolute Gasteiger partial charge is 0.454 e. The van der Waals surface area contributed by atoms with Crippen LogP contribution in [0.5, 0.6) is 11.5 Å². The standard InChI is InChI=1S/C18H22N2O5S2/c1-18(2,3)16(21)7-26-17-19-12-8-27(22,23)9-13(12)20(17)11-4-5-14-15(6-11)25-10-24-14/h4-6,12-13H,7-10H2,1-3H3.